The number of hydrogen-bond acceptors (Lipinski definition) is 3. The topological polar surface area (TPSA) is 68.4 Å². The molecule has 130 valence electrons. The molecule has 0 atom stereocenters. The number of nitrogens with one attached hydrogen (secondary N) is 1. The summed E-state index contributed by atoms with van der Waals surface area (Å²) in [6.07, 6.45) is 1.66. The van der Waals surface area contributed by atoms with E-state index in [1.165, 1.54) is 4.40 Å². The third-order valence-corrected chi connectivity index (χ3v) is 4.87. The number of benzene rings is 1. The van der Waals surface area contributed by atoms with Crippen LogP contribution in [0.2, 0.25) is 5.02 Å². The minimum atomic E-state index is -0.329. The fourth-order valence-corrected chi connectivity index (χ4v) is 3.14. The zero-order valence-corrected chi connectivity index (χ0v) is 14.9. The summed E-state index contributed by atoms with van der Waals surface area (Å²) in [4.78, 5) is 30.0. The number of amides is 1. The lowest BCUT2D eigenvalue weighted by Crippen LogP contribution is -2.16. The van der Waals surface area contributed by atoms with E-state index in [0.29, 0.717) is 33.1 Å². The van der Waals surface area contributed by atoms with E-state index in [9.17, 15) is 9.59 Å². The molecule has 6 nitrogen and oxygen atoms in total. The number of halogens is 1. The van der Waals surface area contributed by atoms with Crippen molar-refractivity contribution in [1.29, 1.82) is 0 Å². The highest BCUT2D eigenvalue weighted by Gasteiger charge is 2.18. The van der Waals surface area contributed by atoms with E-state index in [1.807, 2.05) is 13.0 Å². The Morgan fingerprint density at radius 3 is 2.81 bits per heavy atom. The summed E-state index contributed by atoms with van der Waals surface area (Å²) in [6, 6.07) is 12.2. The first-order valence-corrected chi connectivity index (χ1v) is 8.38. The summed E-state index contributed by atoms with van der Waals surface area (Å²) in [5, 5.41) is 3.82. The van der Waals surface area contributed by atoms with Gasteiger partial charge in [-0.2, -0.15) is 0 Å². The SMILES string of the molecule is Cc1c(Cl)cccc1NC(=O)c1cc2c(=O)n3ccccc3nc2n1C. The van der Waals surface area contributed by atoms with E-state index in [2.05, 4.69) is 10.3 Å². The van der Waals surface area contributed by atoms with Crippen LogP contribution >= 0.6 is 11.6 Å². The zero-order valence-electron chi connectivity index (χ0n) is 14.2. The van der Waals surface area contributed by atoms with Crippen LogP contribution in [0.5, 0.6) is 0 Å². The molecule has 3 aromatic heterocycles. The van der Waals surface area contributed by atoms with Gasteiger partial charge in [-0.15, -0.1) is 0 Å². The number of aryl methyl sites for hydroxylation is 1. The number of rotatable bonds is 2. The minimum Gasteiger partial charge on any atom is -0.324 e. The molecule has 4 aromatic rings. The van der Waals surface area contributed by atoms with Gasteiger partial charge < -0.3 is 9.88 Å². The molecule has 0 aliphatic carbocycles. The Morgan fingerprint density at radius 1 is 1.19 bits per heavy atom. The van der Waals surface area contributed by atoms with Gasteiger partial charge in [-0.3, -0.25) is 14.0 Å². The monoisotopic (exact) mass is 366 g/mol. The number of carbonyl (C=O) groups excluding carboxylic acids is 1. The Balaban J connectivity index is 1.84. The molecule has 0 aliphatic heterocycles. The number of fused-ring (bicyclic) bond motifs is 2. The Kier molecular flexibility index (Phi) is 3.77. The van der Waals surface area contributed by atoms with Gasteiger partial charge >= 0.3 is 0 Å². The van der Waals surface area contributed by atoms with Gasteiger partial charge in [-0.05, 0) is 42.8 Å². The van der Waals surface area contributed by atoms with Crippen LogP contribution in [0.25, 0.3) is 16.7 Å². The Labute approximate surface area is 153 Å². The standard InChI is InChI=1S/C19H15ClN4O2/c1-11-13(20)6-5-7-14(11)21-18(25)15-10-12-17(23(15)2)22-16-8-3-4-9-24(16)19(12)26/h3-10H,1-2H3,(H,21,25). The Morgan fingerprint density at radius 2 is 2.00 bits per heavy atom. The zero-order chi connectivity index (χ0) is 18.4. The molecule has 1 N–H and O–H groups in total. The normalized spacial score (nSPS) is 11.2. The first-order valence-electron chi connectivity index (χ1n) is 8.00. The number of carbonyl (C=O) groups is 1. The van der Waals surface area contributed by atoms with Crippen molar-refractivity contribution in [3.05, 3.63) is 75.3 Å². The predicted molar refractivity (Wildman–Crippen MR) is 102 cm³/mol. The van der Waals surface area contributed by atoms with Crippen molar-refractivity contribution in [2.24, 2.45) is 7.05 Å². The largest absolute Gasteiger partial charge is 0.324 e. The summed E-state index contributed by atoms with van der Waals surface area (Å²) in [7, 11) is 1.72. The molecule has 0 saturated carbocycles. The number of hydrogen-bond donors (Lipinski definition) is 1. The number of anilines is 1. The molecule has 4 rings (SSSR count). The lowest BCUT2D eigenvalue weighted by Gasteiger charge is -2.10. The van der Waals surface area contributed by atoms with Crippen molar-refractivity contribution in [3.8, 4) is 0 Å². The van der Waals surface area contributed by atoms with Gasteiger partial charge in [0.05, 0.1) is 5.39 Å². The molecular formula is C19H15ClN4O2. The highest BCUT2D eigenvalue weighted by atomic mass is 35.5. The fourth-order valence-electron chi connectivity index (χ4n) is 2.97. The van der Waals surface area contributed by atoms with Crippen LogP contribution < -0.4 is 10.9 Å². The van der Waals surface area contributed by atoms with Gasteiger partial charge in [-0.25, -0.2) is 4.98 Å². The molecule has 0 saturated heterocycles. The van der Waals surface area contributed by atoms with Crippen molar-refractivity contribution >= 4 is 39.9 Å². The third kappa shape index (κ3) is 2.46. The van der Waals surface area contributed by atoms with E-state index >= 15 is 0 Å². The summed E-state index contributed by atoms with van der Waals surface area (Å²) >= 11 is 6.11. The van der Waals surface area contributed by atoms with E-state index < -0.39 is 0 Å². The first kappa shape index (κ1) is 16.4. The molecule has 1 aromatic carbocycles. The van der Waals surface area contributed by atoms with Crippen molar-refractivity contribution in [2.75, 3.05) is 5.32 Å². The molecule has 0 bridgehead atoms. The second kappa shape index (κ2) is 6.00. The van der Waals surface area contributed by atoms with Crippen LogP contribution in [-0.2, 0) is 7.05 Å². The second-order valence-corrected chi connectivity index (χ2v) is 6.45. The number of aromatic nitrogens is 3. The average Bonchev–Trinajstić information content (AvgIpc) is 2.96. The van der Waals surface area contributed by atoms with E-state index in [-0.39, 0.29) is 11.5 Å². The maximum Gasteiger partial charge on any atom is 0.272 e. The van der Waals surface area contributed by atoms with Gasteiger partial charge in [0.1, 0.15) is 17.0 Å². The minimum absolute atomic E-state index is 0.209. The third-order valence-electron chi connectivity index (χ3n) is 4.46. The summed E-state index contributed by atoms with van der Waals surface area (Å²) in [6.45, 7) is 1.83. The van der Waals surface area contributed by atoms with Gasteiger partial charge in [-0.1, -0.05) is 23.7 Å². The van der Waals surface area contributed by atoms with E-state index in [4.69, 9.17) is 11.6 Å². The average molecular weight is 367 g/mol. The molecule has 0 spiro atoms. The van der Waals surface area contributed by atoms with E-state index in [1.54, 1.807) is 54.2 Å². The highest BCUT2D eigenvalue weighted by Crippen LogP contribution is 2.24. The molecule has 1 amide bonds. The summed E-state index contributed by atoms with van der Waals surface area (Å²) in [5.41, 5.74) is 2.55. The quantitative estimate of drug-likeness (QED) is 0.591. The molecule has 0 unspecified atom stereocenters. The van der Waals surface area contributed by atoms with Crippen LogP contribution in [0.4, 0.5) is 5.69 Å². The molecule has 0 fully saturated rings. The van der Waals surface area contributed by atoms with Crippen LogP contribution in [-0.4, -0.2) is 19.9 Å². The van der Waals surface area contributed by atoms with Crippen LogP contribution in [0, 0.1) is 6.92 Å². The molecule has 0 radical (unpaired) electrons. The van der Waals surface area contributed by atoms with Gasteiger partial charge in [0.15, 0.2) is 0 Å². The second-order valence-electron chi connectivity index (χ2n) is 6.04. The van der Waals surface area contributed by atoms with Crippen molar-refractivity contribution in [3.63, 3.8) is 0 Å². The molecule has 26 heavy (non-hydrogen) atoms. The van der Waals surface area contributed by atoms with Gasteiger partial charge in [0, 0.05) is 24.0 Å². The van der Waals surface area contributed by atoms with Crippen molar-refractivity contribution in [1.82, 2.24) is 14.0 Å². The molecule has 7 heteroatoms. The number of nitrogens with zero attached hydrogens (tertiary/aromatic N) is 3. The fraction of sp³-hybridized carbons (Fsp3) is 0.105. The van der Waals surface area contributed by atoms with Gasteiger partial charge in [0.2, 0.25) is 0 Å². The lowest BCUT2D eigenvalue weighted by molar-refractivity contribution is 0.101. The molecule has 0 aliphatic rings. The Hall–Kier alpha value is -3.12. The maximum atomic E-state index is 12.8. The Bertz CT molecular complexity index is 1240. The smallest absolute Gasteiger partial charge is 0.272 e. The van der Waals surface area contributed by atoms with Gasteiger partial charge in [0.25, 0.3) is 11.5 Å². The van der Waals surface area contributed by atoms with Crippen LogP contribution in [0.3, 0.4) is 0 Å². The molecule has 3 heterocycles. The highest BCUT2D eigenvalue weighted by molar-refractivity contribution is 6.31. The van der Waals surface area contributed by atoms with Crippen LogP contribution in [0.15, 0.2) is 53.5 Å². The van der Waals surface area contributed by atoms with Crippen molar-refractivity contribution in [2.45, 2.75) is 6.92 Å². The van der Waals surface area contributed by atoms with Crippen LogP contribution in [0.1, 0.15) is 16.1 Å². The number of pyridine rings is 1. The molecular weight excluding hydrogens is 352 g/mol. The van der Waals surface area contributed by atoms with E-state index in [0.717, 1.165) is 5.56 Å². The maximum absolute atomic E-state index is 12.8. The predicted octanol–water partition coefficient (Wildman–Crippen LogP) is 3.40. The lowest BCUT2D eigenvalue weighted by atomic mass is 10.2. The van der Waals surface area contributed by atoms with Crippen molar-refractivity contribution < 1.29 is 4.79 Å². The first-order chi connectivity index (χ1) is 12.5. The summed E-state index contributed by atoms with van der Waals surface area (Å²) in [5.74, 6) is -0.329. The summed E-state index contributed by atoms with van der Waals surface area (Å²) < 4.78 is 3.09.